The number of nitrogens with zero attached hydrogens (tertiary/aromatic N) is 4. The topological polar surface area (TPSA) is 79.2 Å². The molecule has 0 unspecified atom stereocenters. The van der Waals surface area contributed by atoms with E-state index in [0.717, 1.165) is 0 Å². The van der Waals surface area contributed by atoms with E-state index in [9.17, 15) is 0 Å². The Morgan fingerprint density at radius 3 is 2.52 bits per heavy atom. The summed E-state index contributed by atoms with van der Waals surface area (Å²) in [7, 11) is 1.54. The highest BCUT2D eigenvalue weighted by molar-refractivity contribution is 5.41. The molecule has 2 aromatic heterocycles. The number of aromatic nitrogens is 4. The van der Waals surface area contributed by atoms with Crippen molar-refractivity contribution in [3.8, 4) is 23.3 Å². The molecule has 3 rings (SSSR count). The molecule has 0 bridgehead atoms. The molecule has 0 fully saturated rings. The lowest BCUT2D eigenvalue weighted by Crippen LogP contribution is -2.01. The normalized spacial score (nSPS) is 10.1. The molecule has 0 aliphatic carbocycles. The van der Waals surface area contributed by atoms with Gasteiger partial charge in [0, 0.05) is 12.4 Å². The van der Waals surface area contributed by atoms with Crippen molar-refractivity contribution in [1.82, 2.24) is 19.9 Å². The molecule has 0 amide bonds. The molecular formula is C16H14N4O3. The van der Waals surface area contributed by atoms with Gasteiger partial charge in [-0.25, -0.2) is 9.97 Å². The van der Waals surface area contributed by atoms with E-state index < -0.39 is 0 Å². The first kappa shape index (κ1) is 14.7. The van der Waals surface area contributed by atoms with Gasteiger partial charge in [0.25, 0.3) is 0 Å². The van der Waals surface area contributed by atoms with Crippen LogP contribution in [0.3, 0.4) is 0 Å². The van der Waals surface area contributed by atoms with Crippen LogP contribution in [0.5, 0.6) is 23.3 Å². The van der Waals surface area contributed by atoms with Gasteiger partial charge >= 0.3 is 0 Å². The summed E-state index contributed by atoms with van der Waals surface area (Å²) < 4.78 is 16.5. The first-order valence-electron chi connectivity index (χ1n) is 6.86. The van der Waals surface area contributed by atoms with Gasteiger partial charge in [-0.15, -0.1) is 0 Å². The Morgan fingerprint density at radius 2 is 1.74 bits per heavy atom. The number of para-hydroxylation sites is 2. The molecule has 0 atom stereocenters. The highest BCUT2D eigenvalue weighted by Gasteiger charge is 2.08. The molecular weight excluding hydrogens is 296 g/mol. The van der Waals surface area contributed by atoms with Gasteiger partial charge in [-0.1, -0.05) is 12.1 Å². The second-order valence-electron chi connectivity index (χ2n) is 4.43. The maximum Gasteiger partial charge on any atom is 0.238 e. The van der Waals surface area contributed by atoms with Crippen molar-refractivity contribution >= 4 is 0 Å². The van der Waals surface area contributed by atoms with Crippen LogP contribution < -0.4 is 14.2 Å². The fraction of sp³-hybridized carbons (Fsp3) is 0.125. The standard InChI is InChI=1S/C16H14N4O3/c1-21-16-10-18-8-12(20-16)11-22-13-4-2-3-5-14(13)23-15-9-17-6-7-19-15/h2-10H,11H2,1H3. The average molecular weight is 310 g/mol. The summed E-state index contributed by atoms with van der Waals surface area (Å²) in [5.74, 6) is 1.95. The van der Waals surface area contributed by atoms with Crippen LogP contribution in [0.1, 0.15) is 5.69 Å². The Hall–Kier alpha value is -3.22. The molecule has 0 aliphatic rings. The summed E-state index contributed by atoms with van der Waals surface area (Å²) in [6.45, 7) is 0.241. The van der Waals surface area contributed by atoms with Crippen molar-refractivity contribution in [1.29, 1.82) is 0 Å². The maximum atomic E-state index is 5.76. The second kappa shape index (κ2) is 7.17. The zero-order valence-corrected chi connectivity index (χ0v) is 12.4. The second-order valence-corrected chi connectivity index (χ2v) is 4.43. The predicted octanol–water partition coefficient (Wildman–Crippen LogP) is 2.65. The monoisotopic (exact) mass is 310 g/mol. The Bertz CT molecular complexity index is 768. The smallest absolute Gasteiger partial charge is 0.238 e. The van der Waals surface area contributed by atoms with Gasteiger partial charge in [0.2, 0.25) is 11.8 Å². The van der Waals surface area contributed by atoms with Crippen molar-refractivity contribution in [2.75, 3.05) is 7.11 Å². The Morgan fingerprint density at radius 1 is 0.913 bits per heavy atom. The van der Waals surface area contributed by atoms with Crippen LogP contribution in [0.2, 0.25) is 0 Å². The third-order valence-corrected chi connectivity index (χ3v) is 2.85. The zero-order valence-electron chi connectivity index (χ0n) is 12.4. The number of ether oxygens (including phenoxy) is 3. The lowest BCUT2D eigenvalue weighted by Gasteiger charge is -2.11. The van der Waals surface area contributed by atoms with E-state index in [1.165, 1.54) is 12.4 Å². The van der Waals surface area contributed by atoms with Crippen LogP contribution >= 0.6 is 0 Å². The van der Waals surface area contributed by atoms with Gasteiger partial charge in [-0.05, 0) is 12.1 Å². The zero-order chi connectivity index (χ0) is 15.9. The molecule has 0 saturated carbocycles. The molecule has 3 aromatic rings. The van der Waals surface area contributed by atoms with E-state index in [2.05, 4.69) is 19.9 Å². The minimum absolute atomic E-state index is 0.241. The number of hydrogen-bond acceptors (Lipinski definition) is 7. The lowest BCUT2D eigenvalue weighted by atomic mass is 10.3. The minimum Gasteiger partial charge on any atom is -0.483 e. The van der Waals surface area contributed by atoms with E-state index in [0.29, 0.717) is 29.0 Å². The van der Waals surface area contributed by atoms with E-state index in [4.69, 9.17) is 14.2 Å². The lowest BCUT2D eigenvalue weighted by molar-refractivity contribution is 0.283. The van der Waals surface area contributed by atoms with Crippen LogP contribution in [0, 0.1) is 0 Å². The van der Waals surface area contributed by atoms with E-state index in [-0.39, 0.29) is 6.61 Å². The first-order chi connectivity index (χ1) is 11.3. The molecule has 0 radical (unpaired) electrons. The van der Waals surface area contributed by atoms with Crippen molar-refractivity contribution in [3.63, 3.8) is 0 Å². The molecule has 116 valence electrons. The fourth-order valence-corrected chi connectivity index (χ4v) is 1.81. The van der Waals surface area contributed by atoms with Gasteiger partial charge in [0.05, 0.1) is 25.7 Å². The Balaban J connectivity index is 1.72. The third kappa shape index (κ3) is 3.91. The SMILES string of the molecule is COc1cncc(COc2ccccc2Oc2cnccn2)n1. The van der Waals surface area contributed by atoms with Crippen LogP contribution in [0.4, 0.5) is 0 Å². The van der Waals surface area contributed by atoms with Crippen LogP contribution in [0.15, 0.2) is 55.2 Å². The number of hydrogen-bond donors (Lipinski definition) is 0. The summed E-state index contributed by atoms with van der Waals surface area (Å²) in [5, 5.41) is 0. The van der Waals surface area contributed by atoms with Crippen molar-refractivity contribution in [2.45, 2.75) is 6.61 Å². The van der Waals surface area contributed by atoms with Gasteiger partial charge < -0.3 is 14.2 Å². The number of methoxy groups -OCH3 is 1. The molecule has 23 heavy (non-hydrogen) atoms. The largest absolute Gasteiger partial charge is 0.483 e. The minimum atomic E-state index is 0.241. The first-order valence-corrected chi connectivity index (χ1v) is 6.86. The number of rotatable bonds is 6. The van der Waals surface area contributed by atoms with E-state index in [1.54, 1.807) is 37.8 Å². The highest BCUT2D eigenvalue weighted by atomic mass is 16.5. The summed E-state index contributed by atoms with van der Waals surface area (Å²) >= 11 is 0. The van der Waals surface area contributed by atoms with Gasteiger partial charge in [0.1, 0.15) is 12.3 Å². The summed E-state index contributed by atoms with van der Waals surface area (Å²) in [4.78, 5) is 16.3. The molecule has 7 heteroatoms. The van der Waals surface area contributed by atoms with Gasteiger partial charge in [0.15, 0.2) is 11.5 Å². The summed E-state index contributed by atoms with van der Waals surface area (Å²) in [6, 6.07) is 7.31. The quantitative estimate of drug-likeness (QED) is 0.692. The average Bonchev–Trinajstić information content (AvgIpc) is 2.62. The molecule has 0 spiro atoms. The van der Waals surface area contributed by atoms with Crippen molar-refractivity contribution in [3.05, 3.63) is 60.9 Å². The summed E-state index contributed by atoms with van der Waals surface area (Å²) in [6.07, 6.45) is 7.83. The molecule has 2 heterocycles. The molecule has 0 aliphatic heterocycles. The Kier molecular flexibility index (Phi) is 4.58. The molecule has 0 N–H and O–H groups in total. The molecule has 7 nitrogen and oxygen atoms in total. The van der Waals surface area contributed by atoms with Crippen LogP contribution in [0.25, 0.3) is 0 Å². The predicted molar refractivity (Wildman–Crippen MR) is 81.5 cm³/mol. The van der Waals surface area contributed by atoms with Crippen molar-refractivity contribution in [2.24, 2.45) is 0 Å². The van der Waals surface area contributed by atoms with Crippen LogP contribution in [-0.2, 0) is 6.61 Å². The van der Waals surface area contributed by atoms with Gasteiger partial charge in [-0.2, -0.15) is 0 Å². The highest BCUT2D eigenvalue weighted by Crippen LogP contribution is 2.30. The van der Waals surface area contributed by atoms with Crippen LogP contribution in [-0.4, -0.2) is 27.0 Å². The maximum absolute atomic E-state index is 5.76. The van der Waals surface area contributed by atoms with E-state index >= 15 is 0 Å². The summed E-state index contributed by atoms with van der Waals surface area (Å²) in [5.41, 5.74) is 0.652. The molecule has 1 aromatic carbocycles. The Labute approximate surface area is 132 Å². The number of benzene rings is 1. The van der Waals surface area contributed by atoms with Gasteiger partial charge in [-0.3, -0.25) is 9.97 Å². The van der Waals surface area contributed by atoms with E-state index in [1.807, 2.05) is 12.1 Å². The third-order valence-electron chi connectivity index (χ3n) is 2.85. The fourth-order valence-electron chi connectivity index (χ4n) is 1.81. The molecule has 0 saturated heterocycles. The van der Waals surface area contributed by atoms with Crippen molar-refractivity contribution < 1.29 is 14.2 Å².